The summed E-state index contributed by atoms with van der Waals surface area (Å²) in [5.74, 6) is 1.02. The average Bonchev–Trinajstić information content (AvgIpc) is 3.16. The van der Waals surface area contributed by atoms with Crippen LogP contribution in [-0.2, 0) is 11.3 Å². The molecule has 2 aliphatic rings. The highest BCUT2D eigenvalue weighted by atomic mass is 16.5. The Hall–Kier alpha value is -1.82. The highest BCUT2D eigenvalue weighted by Crippen LogP contribution is 2.18. The zero-order chi connectivity index (χ0) is 16.8. The van der Waals surface area contributed by atoms with Gasteiger partial charge in [-0.2, -0.15) is 0 Å². The van der Waals surface area contributed by atoms with Gasteiger partial charge in [0.1, 0.15) is 5.82 Å². The lowest BCUT2D eigenvalue weighted by Crippen LogP contribution is -2.45. The molecule has 0 saturated carbocycles. The molecule has 2 atom stereocenters. The first-order valence-electron chi connectivity index (χ1n) is 9.08. The van der Waals surface area contributed by atoms with E-state index < -0.39 is 0 Å². The zero-order valence-electron chi connectivity index (χ0n) is 14.5. The quantitative estimate of drug-likeness (QED) is 0.869. The van der Waals surface area contributed by atoms with Gasteiger partial charge in [-0.3, -0.25) is 0 Å². The highest BCUT2D eigenvalue weighted by molar-refractivity contribution is 5.74. The number of nitrogens with zero attached hydrogens (tertiary/aromatic N) is 2. The van der Waals surface area contributed by atoms with E-state index in [-0.39, 0.29) is 18.2 Å². The monoisotopic (exact) mass is 332 g/mol. The Labute approximate surface area is 144 Å². The lowest BCUT2D eigenvalue weighted by atomic mass is 10.1. The maximum Gasteiger partial charge on any atom is 0.315 e. The van der Waals surface area contributed by atoms with Gasteiger partial charge in [0.05, 0.1) is 12.1 Å². The number of urea groups is 1. The van der Waals surface area contributed by atoms with Gasteiger partial charge in [-0.1, -0.05) is 0 Å². The normalized spacial score (nSPS) is 22.2. The van der Waals surface area contributed by atoms with E-state index in [0.29, 0.717) is 6.54 Å². The van der Waals surface area contributed by atoms with Crippen molar-refractivity contribution < 1.29 is 9.53 Å². The number of nitrogens with one attached hydrogen (secondary N) is 2. The minimum atomic E-state index is -0.144. The van der Waals surface area contributed by atoms with E-state index in [1.54, 1.807) is 0 Å². The van der Waals surface area contributed by atoms with E-state index >= 15 is 0 Å². The van der Waals surface area contributed by atoms with Crippen molar-refractivity contribution in [3.8, 4) is 0 Å². The van der Waals surface area contributed by atoms with E-state index in [4.69, 9.17) is 4.74 Å². The zero-order valence-corrected chi connectivity index (χ0v) is 14.5. The molecule has 2 N–H and O–H groups in total. The van der Waals surface area contributed by atoms with Crippen LogP contribution in [0.15, 0.2) is 18.3 Å². The van der Waals surface area contributed by atoms with Gasteiger partial charge in [0.25, 0.3) is 0 Å². The lowest BCUT2D eigenvalue weighted by molar-refractivity contribution is 0.0860. The second-order valence-electron chi connectivity index (χ2n) is 6.74. The number of rotatable bonds is 5. The molecule has 2 fully saturated rings. The summed E-state index contributed by atoms with van der Waals surface area (Å²) in [6.07, 6.45) is 7.83. The van der Waals surface area contributed by atoms with Crippen LogP contribution in [0.4, 0.5) is 10.6 Å². The van der Waals surface area contributed by atoms with Gasteiger partial charge in [0, 0.05) is 32.4 Å². The molecule has 2 aliphatic heterocycles. The summed E-state index contributed by atoms with van der Waals surface area (Å²) in [4.78, 5) is 18.9. The van der Waals surface area contributed by atoms with Crippen LogP contribution in [0.3, 0.4) is 0 Å². The number of amides is 2. The molecule has 0 aromatic carbocycles. The first-order valence-corrected chi connectivity index (χ1v) is 9.08. The molecular weight excluding hydrogens is 304 g/mol. The average molecular weight is 332 g/mol. The molecule has 6 heteroatoms. The smallest absolute Gasteiger partial charge is 0.315 e. The van der Waals surface area contributed by atoms with Crippen LogP contribution >= 0.6 is 0 Å². The third kappa shape index (κ3) is 4.60. The summed E-state index contributed by atoms with van der Waals surface area (Å²) in [6.45, 7) is 5.45. The van der Waals surface area contributed by atoms with E-state index in [0.717, 1.165) is 43.9 Å². The molecule has 0 unspecified atom stereocenters. The maximum absolute atomic E-state index is 12.1. The van der Waals surface area contributed by atoms with Crippen LogP contribution < -0.4 is 15.5 Å². The Bertz CT molecular complexity index is 540. The van der Waals surface area contributed by atoms with Gasteiger partial charge in [-0.25, -0.2) is 9.78 Å². The van der Waals surface area contributed by atoms with Gasteiger partial charge >= 0.3 is 6.03 Å². The first kappa shape index (κ1) is 17.0. The van der Waals surface area contributed by atoms with Crippen LogP contribution in [0.5, 0.6) is 0 Å². The van der Waals surface area contributed by atoms with Crippen molar-refractivity contribution in [2.45, 2.75) is 57.7 Å². The van der Waals surface area contributed by atoms with Crippen LogP contribution in [0.2, 0.25) is 0 Å². The number of pyridine rings is 1. The summed E-state index contributed by atoms with van der Waals surface area (Å²) < 4.78 is 5.61. The molecule has 1 aromatic heterocycles. The summed E-state index contributed by atoms with van der Waals surface area (Å²) >= 11 is 0. The van der Waals surface area contributed by atoms with Crippen LogP contribution in [0.25, 0.3) is 0 Å². The summed E-state index contributed by atoms with van der Waals surface area (Å²) in [6, 6.07) is 3.93. The molecule has 2 amide bonds. The lowest BCUT2D eigenvalue weighted by Gasteiger charge is -2.28. The molecule has 3 heterocycles. The van der Waals surface area contributed by atoms with Crippen molar-refractivity contribution in [3.63, 3.8) is 0 Å². The van der Waals surface area contributed by atoms with Gasteiger partial charge in [0.15, 0.2) is 0 Å². The first-order chi connectivity index (χ1) is 11.7. The fourth-order valence-electron chi connectivity index (χ4n) is 3.40. The molecule has 6 nitrogen and oxygen atoms in total. The number of carbonyl (C=O) groups excluding carboxylic acids is 1. The molecule has 0 aliphatic carbocycles. The Kier molecular flexibility index (Phi) is 5.91. The van der Waals surface area contributed by atoms with Gasteiger partial charge in [-0.15, -0.1) is 0 Å². The molecule has 3 rings (SSSR count). The van der Waals surface area contributed by atoms with Crippen molar-refractivity contribution in [1.82, 2.24) is 15.6 Å². The maximum atomic E-state index is 12.1. The van der Waals surface area contributed by atoms with E-state index in [2.05, 4.69) is 26.6 Å². The molecule has 0 spiro atoms. The summed E-state index contributed by atoms with van der Waals surface area (Å²) in [5.41, 5.74) is 1.07. The molecular formula is C18H28N4O2. The SMILES string of the molecule is C[C@H](NC(=O)NCc1ccnc(N2CCCCC2)c1)[C@@H]1CCCO1. The third-order valence-corrected chi connectivity index (χ3v) is 4.82. The molecule has 0 radical (unpaired) electrons. The number of hydrogen-bond donors (Lipinski definition) is 2. The van der Waals surface area contributed by atoms with Crippen LogP contribution in [-0.4, -0.2) is 42.9 Å². The van der Waals surface area contributed by atoms with Crippen molar-refractivity contribution in [1.29, 1.82) is 0 Å². The Morgan fingerprint density at radius 3 is 2.96 bits per heavy atom. The topological polar surface area (TPSA) is 66.5 Å². The second-order valence-corrected chi connectivity index (χ2v) is 6.74. The van der Waals surface area contributed by atoms with Crippen LogP contribution in [0, 0.1) is 0 Å². The molecule has 132 valence electrons. The Morgan fingerprint density at radius 2 is 2.21 bits per heavy atom. The Morgan fingerprint density at radius 1 is 1.38 bits per heavy atom. The second kappa shape index (κ2) is 8.33. The van der Waals surface area contributed by atoms with Crippen molar-refractivity contribution in [2.75, 3.05) is 24.6 Å². The third-order valence-electron chi connectivity index (χ3n) is 4.82. The van der Waals surface area contributed by atoms with Gasteiger partial charge in [0.2, 0.25) is 0 Å². The number of anilines is 1. The number of piperidine rings is 1. The number of ether oxygens (including phenoxy) is 1. The molecule has 2 saturated heterocycles. The number of aromatic nitrogens is 1. The van der Waals surface area contributed by atoms with E-state index in [1.807, 2.05) is 19.2 Å². The fourth-order valence-corrected chi connectivity index (χ4v) is 3.40. The number of hydrogen-bond acceptors (Lipinski definition) is 4. The Balaban J connectivity index is 1.47. The minimum absolute atomic E-state index is 0.0360. The number of carbonyl (C=O) groups is 1. The predicted molar refractivity (Wildman–Crippen MR) is 94.1 cm³/mol. The van der Waals surface area contributed by atoms with Crippen molar-refractivity contribution in [2.24, 2.45) is 0 Å². The summed E-state index contributed by atoms with van der Waals surface area (Å²) in [5, 5.41) is 5.90. The van der Waals surface area contributed by atoms with Crippen molar-refractivity contribution >= 4 is 11.8 Å². The molecule has 0 bridgehead atoms. The fraction of sp³-hybridized carbons (Fsp3) is 0.667. The predicted octanol–water partition coefficient (Wildman–Crippen LogP) is 2.44. The standard InChI is InChI=1S/C18H28N4O2/c1-14(16-6-5-11-24-16)21-18(23)20-13-15-7-8-19-17(12-15)22-9-3-2-4-10-22/h7-8,12,14,16H,2-6,9-11,13H2,1H3,(H2,20,21,23)/t14-,16-/m0/s1. The van der Waals surface area contributed by atoms with Crippen molar-refractivity contribution in [3.05, 3.63) is 23.9 Å². The van der Waals surface area contributed by atoms with E-state index in [1.165, 1.54) is 19.3 Å². The minimum Gasteiger partial charge on any atom is -0.376 e. The summed E-state index contributed by atoms with van der Waals surface area (Å²) in [7, 11) is 0. The largest absolute Gasteiger partial charge is 0.376 e. The van der Waals surface area contributed by atoms with E-state index in [9.17, 15) is 4.79 Å². The molecule has 1 aromatic rings. The van der Waals surface area contributed by atoms with Gasteiger partial charge in [-0.05, 0) is 56.7 Å². The highest BCUT2D eigenvalue weighted by Gasteiger charge is 2.23. The van der Waals surface area contributed by atoms with Crippen LogP contribution in [0.1, 0.15) is 44.6 Å². The molecule has 24 heavy (non-hydrogen) atoms. The van der Waals surface area contributed by atoms with Gasteiger partial charge < -0.3 is 20.3 Å².